The summed E-state index contributed by atoms with van der Waals surface area (Å²) in [6.07, 6.45) is 4.44. The first-order valence-electron chi connectivity index (χ1n) is 6.97. The van der Waals surface area contributed by atoms with Gasteiger partial charge in [-0.25, -0.2) is 0 Å². The Hall–Kier alpha value is -1.02. The molecule has 0 saturated heterocycles. The number of methoxy groups -OCH3 is 1. The van der Waals surface area contributed by atoms with E-state index in [0.717, 1.165) is 37.0 Å². The van der Waals surface area contributed by atoms with Crippen LogP contribution in [0.5, 0.6) is 5.75 Å². The van der Waals surface area contributed by atoms with Gasteiger partial charge in [-0.3, -0.25) is 4.79 Å². The molecular weight excluding hydrogens is 260 g/mol. The van der Waals surface area contributed by atoms with Gasteiger partial charge < -0.3 is 4.74 Å². The van der Waals surface area contributed by atoms with Crippen LogP contribution >= 0.6 is 11.6 Å². The van der Waals surface area contributed by atoms with Gasteiger partial charge in [-0.15, -0.1) is 0 Å². The first-order chi connectivity index (χ1) is 9.12. The third kappa shape index (κ3) is 4.87. The van der Waals surface area contributed by atoms with Gasteiger partial charge in [0.05, 0.1) is 7.11 Å². The Bertz CT molecular complexity index is 409. The maximum absolute atomic E-state index is 12.4. The molecule has 106 valence electrons. The van der Waals surface area contributed by atoms with Crippen molar-refractivity contribution >= 4 is 17.4 Å². The average Bonchev–Trinajstić information content (AvgIpc) is 2.38. The predicted molar refractivity (Wildman–Crippen MR) is 80.0 cm³/mol. The molecule has 3 heteroatoms. The van der Waals surface area contributed by atoms with Crippen LogP contribution in [0.3, 0.4) is 0 Å². The van der Waals surface area contributed by atoms with E-state index in [4.69, 9.17) is 16.3 Å². The number of hydrogen-bond donors (Lipinski definition) is 0. The van der Waals surface area contributed by atoms with Crippen molar-refractivity contribution < 1.29 is 9.53 Å². The Kier molecular flexibility index (Phi) is 6.93. The number of rotatable bonds is 8. The van der Waals surface area contributed by atoms with Crippen LogP contribution in [-0.4, -0.2) is 12.9 Å². The minimum atomic E-state index is 0.165. The molecule has 0 saturated carbocycles. The van der Waals surface area contributed by atoms with Crippen LogP contribution in [0.4, 0.5) is 0 Å². The number of carbonyl (C=O) groups is 1. The van der Waals surface area contributed by atoms with Gasteiger partial charge in [0.2, 0.25) is 0 Å². The number of benzene rings is 1. The molecular formula is C16H23ClO2. The Morgan fingerprint density at radius 3 is 2.42 bits per heavy atom. The molecule has 1 rings (SSSR count). The van der Waals surface area contributed by atoms with Crippen molar-refractivity contribution in [1.82, 2.24) is 0 Å². The fourth-order valence-corrected chi connectivity index (χ4v) is 2.58. The van der Waals surface area contributed by atoms with E-state index in [2.05, 4.69) is 13.8 Å². The molecule has 0 unspecified atom stereocenters. The molecule has 0 N–H and O–H groups in total. The topological polar surface area (TPSA) is 26.3 Å². The van der Waals surface area contributed by atoms with Crippen LogP contribution in [0, 0.1) is 5.92 Å². The molecule has 0 radical (unpaired) electrons. The number of hydrogen-bond acceptors (Lipinski definition) is 2. The highest BCUT2D eigenvalue weighted by molar-refractivity contribution is 6.30. The van der Waals surface area contributed by atoms with Gasteiger partial charge in [-0.05, 0) is 31.0 Å². The SMILES string of the molecule is CCCC(CCC)C(=O)Cc1cc(Cl)ccc1OC. The van der Waals surface area contributed by atoms with E-state index in [0.29, 0.717) is 17.2 Å². The van der Waals surface area contributed by atoms with Gasteiger partial charge in [0, 0.05) is 22.9 Å². The molecule has 0 heterocycles. The summed E-state index contributed by atoms with van der Waals surface area (Å²) >= 11 is 5.99. The smallest absolute Gasteiger partial charge is 0.140 e. The highest BCUT2D eigenvalue weighted by atomic mass is 35.5. The highest BCUT2D eigenvalue weighted by Gasteiger charge is 2.18. The molecule has 0 aromatic heterocycles. The van der Waals surface area contributed by atoms with Gasteiger partial charge in [-0.1, -0.05) is 38.3 Å². The summed E-state index contributed by atoms with van der Waals surface area (Å²) in [6.45, 7) is 4.24. The largest absolute Gasteiger partial charge is 0.496 e. The van der Waals surface area contributed by atoms with E-state index < -0.39 is 0 Å². The van der Waals surface area contributed by atoms with Crippen molar-refractivity contribution in [2.24, 2.45) is 5.92 Å². The lowest BCUT2D eigenvalue weighted by Gasteiger charge is -2.15. The first-order valence-corrected chi connectivity index (χ1v) is 7.35. The maximum Gasteiger partial charge on any atom is 0.140 e. The summed E-state index contributed by atoms with van der Waals surface area (Å²) < 4.78 is 5.29. The van der Waals surface area contributed by atoms with Gasteiger partial charge in [-0.2, -0.15) is 0 Å². The number of ether oxygens (including phenoxy) is 1. The summed E-state index contributed by atoms with van der Waals surface area (Å²) in [7, 11) is 1.62. The van der Waals surface area contributed by atoms with Crippen molar-refractivity contribution in [2.45, 2.75) is 46.0 Å². The standard InChI is InChI=1S/C16H23ClO2/c1-4-6-12(7-5-2)15(18)11-13-10-14(17)8-9-16(13)19-3/h8-10,12H,4-7,11H2,1-3H3. The highest BCUT2D eigenvalue weighted by Crippen LogP contribution is 2.25. The maximum atomic E-state index is 12.4. The van der Waals surface area contributed by atoms with Crippen LogP contribution in [0.2, 0.25) is 5.02 Å². The average molecular weight is 283 g/mol. The van der Waals surface area contributed by atoms with E-state index in [1.54, 1.807) is 13.2 Å². The summed E-state index contributed by atoms with van der Waals surface area (Å²) in [5, 5.41) is 0.645. The lowest BCUT2D eigenvalue weighted by molar-refractivity contribution is -0.122. The molecule has 0 bridgehead atoms. The zero-order valence-corrected chi connectivity index (χ0v) is 12.8. The molecule has 0 amide bonds. The molecule has 0 fully saturated rings. The van der Waals surface area contributed by atoms with E-state index in [-0.39, 0.29) is 5.92 Å². The van der Waals surface area contributed by atoms with E-state index in [1.807, 2.05) is 12.1 Å². The van der Waals surface area contributed by atoms with Crippen molar-refractivity contribution in [1.29, 1.82) is 0 Å². The zero-order chi connectivity index (χ0) is 14.3. The Morgan fingerprint density at radius 2 is 1.89 bits per heavy atom. The second-order valence-electron chi connectivity index (χ2n) is 4.87. The number of halogens is 1. The zero-order valence-electron chi connectivity index (χ0n) is 12.0. The number of carbonyl (C=O) groups excluding carboxylic acids is 1. The molecule has 0 spiro atoms. The predicted octanol–water partition coefficient (Wildman–Crippen LogP) is 4.68. The quantitative estimate of drug-likeness (QED) is 0.692. The molecule has 0 aliphatic rings. The summed E-state index contributed by atoms with van der Waals surface area (Å²) in [5.74, 6) is 1.20. The van der Waals surface area contributed by atoms with Crippen molar-refractivity contribution in [2.75, 3.05) is 7.11 Å². The van der Waals surface area contributed by atoms with Gasteiger partial charge >= 0.3 is 0 Å². The Balaban J connectivity index is 2.82. The summed E-state index contributed by atoms with van der Waals surface area (Å²) in [5.41, 5.74) is 0.886. The molecule has 1 aromatic carbocycles. The van der Waals surface area contributed by atoms with Gasteiger partial charge in [0.15, 0.2) is 0 Å². The molecule has 0 aliphatic heterocycles. The molecule has 0 aliphatic carbocycles. The number of Topliss-reactive ketones (excluding diaryl/α,β-unsaturated/α-hetero) is 1. The molecule has 0 atom stereocenters. The van der Waals surface area contributed by atoms with Crippen LogP contribution in [0.1, 0.15) is 45.1 Å². The van der Waals surface area contributed by atoms with Crippen molar-refractivity contribution in [3.63, 3.8) is 0 Å². The van der Waals surface area contributed by atoms with Crippen molar-refractivity contribution in [3.8, 4) is 5.75 Å². The fraction of sp³-hybridized carbons (Fsp3) is 0.562. The van der Waals surface area contributed by atoms with E-state index in [1.165, 1.54) is 0 Å². The third-order valence-electron chi connectivity index (χ3n) is 3.34. The van der Waals surface area contributed by atoms with E-state index >= 15 is 0 Å². The number of ketones is 1. The third-order valence-corrected chi connectivity index (χ3v) is 3.57. The van der Waals surface area contributed by atoms with Gasteiger partial charge in [0.1, 0.15) is 11.5 Å². The lowest BCUT2D eigenvalue weighted by Crippen LogP contribution is -2.17. The molecule has 1 aromatic rings. The molecule has 19 heavy (non-hydrogen) atoms. The van der Waals surface area contributed by atoms with Crippen LogP contribution in [0.15, 0.2) is 18.2 Å². The van der Waals surface area contributed by atoms with E-state index in [9.17, 15) is 4.79 Å². The fourth-order valence-electron chi connectivity index (χ4n) is 2.38. The first kappa shape index (κ1) is 16.0. The van der Waals surface area contributed by atoms with Crippen LogP contribution in [-0.2, 0) is 11.2 Å². The van der Waals surface area contributed by atoms with Crippen molar-refractivity contribution in [3.05, 3.63) is 28.8 Å². The monoisotopic (exact) mass is 282 g/mol. The van der Waals surface area contributed by atoms with Gasteiger partial charge in [0.25, 0.3) is 0 Å². The second-order valence-corrected chi connectivity index (χ2v) is 5.31. The molecule has 2 nitrogen and oxygen atoms in total. The summed E-state index contributed by atoms with van der Waals surface area (Å²) in [6, 6.07) is 5.43. The Labute approximate surface area is 121 Å². The van der Waals surface area contributed by atoms with Crippen LogP contribution < -0.4 is 4.74 Å². The minimum absolute atomic E-state index is 0.165. The lowest BCUT2D eigenvalue weighted by atomic mass is 9.90. The van der Waals surface area contributed by atoms with Crippen LogP contribution in [0.25, 0.3) is 0 Å². The minimum Gasteiger partial charge on any atom is -0.496 e. The summed E-state index contributed by atoms with van der Waals surface area (Å²) in [4.78, 5) is 12.4. The normalized spacial score (nSPS) is 10.8. The second kappa shape index (κ2) is 8.21. The Morgan fingerprint density at radius 1 is 1.26 bits per heavy atom.